The van der Waals surface area contributed by atoms with Gasteiger partial charge in [-0.2, -0.15) is 0 Å². The van der Waals surface area contributed by atoms with Gasteiger partial charge in [0.1, 0.15) is 5.60 Å². The molecule has 1 aliphatic rings. The second-order valence-corrected chi connectivity index (χ2v) is 7.55. The Kier molecular flexibility index (Phi) is 5.86. The molecule has 0 aromatic heterocycles. The number of benzene rings is 1. The maximum absolute atomic E-state index is 12.4. The molecule has 1 aromatic carbocycles. The smallest absolute Gasteiger partial charge is 0.412 e. The zero-order valence-electron chi connectivity index (χ0n) is 15.0. The van der Waals surface area contributed by atoms with Crippen LogP contribution < -0.4 is 10.6 Å². The molecule has 1 saturated carbocycles. The van der Waals surface area contributed by atoms with Crippen LogP contribution in [0.15, 0.2) is 24.3 Å². The highest BCUT2D eigenvalue weighted by Crippen LogP contribution is 2.24. The standard InChI is InChI=1S/C19H28N2O3/c1-13-7-5-6-8-16(13)21-17(22)14-9-11-15(12-10-14)20-18(23)24-19(2,3)4/h9-13,16H,5-8H2,1-4H3,(H,20,23)(H,21,22)/t13-,16-/m1/s1. The molecule has 24 heavy (non-hydrogen) atoms. The van der Waals surface area contributed by atoms with Gasteiger partial charge in [0.05, 0.1) is 0 Å². The lowest BCUT2D eigenvalue weighted by atomic mass is 9.86. The highest BCUT2D eigenvalue weighted by atomic mass is 16.6. The molecular weight excluding hydrogens is 304 g/mol. The van der Waals surface area contributed by atoms with Gasteiger partial charge >= 0.3 is 6.09 Å². The molecule has 0 aliphatic heterocycles. The fourth-order valence-corrected chi connectivity index (χ4v) is 2.91. The van der Waals surface area contributed by atoms with Gasteiger partial charge in [-0.25, -0.2) is 4.79 Å². The van der Waals surface area contributed by atoms with Crippen molar-refractivity contribution in [3.63, 3.8) is 0 Å². The van der Waals surface area contributed by atoms with Crippen LogP contribution >= 0.6 is 0 Å². The molecule has 132 valence electrons. The van der Waals surface area contributed by atoms with E-state index in [0.717, 1.165) is 6.42 Å². The molecule has 2 atom stereocenters. The quantitative estimate of drug-likeness (QED) is 0.865. The van der Waals surface area contributed by atoms with Crippen LogP contribution in [0.5, 0.6) is 0 Å². The third-order valence-corrected chi connectivity index (χ3v) is 4.22. The van der Waals surface area contributed by atoms with Gasteiger partial charge in [0, 0.05) is 17.3 Å². The number of hydrogen-bond donors (Lipinski definition) is 2. The van der Waals surface area contributed by atoms with Crippen LogP contribution in [-0.2, 0) is 4.74 Å². The van der Waals surface area contributed by atoms with E-state index in [9.17, 15) is 9.59 Å². The fourth-order valence-electron chi connectivity index (χ4n) is 2.91. The molecule has 0 bridgehead atoms. The molecule has 0 radical (unpaired) electrons. The Morgan fingerprint density at radius 3 is 2.29 bits per heavy atom. The predicted molar refractivity (Wildman–Crippen MR) is 95.2 cm³/mol. The molecule has 1 aliphatic carbocycles. The molecular formula is C19H28N2O3. The van der Waals surface area contributed by atoms with Crippen molar-refractivity contribution in [3.8, 4) is 0 Å². The average molecular weight is 332 g/mol. The summed E-state index contributed by atoms with van der Waals surface area (Å²) in [5, 5.41) is 5.79. The van der Waals surface area contributed by atoms with Crippen LogP contribution in [0.2, 0.25) is 0 Å². The maximum Gasteiger partial charge on any atom is 0.412 e. The largest absolute Gasteiger partial charge is 0.444 e. The second-order valence-electron chi connectivity index (χ2n) is 7.55. The van der Waals surface area contributed by atoms with Crippen molar-refractivity contribution < 1.29 is 14.3 Å². The third-order valence-electron chi connectivity index (χ3n) is 4.22. The Bertz CT molecular complexity index is 575. The first-order valence-corrected chi connectivity index (χ1v) is 8.65. The van der Waals surface area contributed by atoms with Gasteiger partial charge in [0.2, 0.25) is 0 Å². The molecule has 2 amide bonds. The second kappa shape index (κ2) is 7.69. The molecule has 0 heterocycles. The maximum atomic E-state index is 12.4. The summed E-state index contributed by atoms with van der Waals surface area (Å²) in [6, 6.07) is 7.11. The van der Waals surface area contributed by atoms with E-state index in [-0.39, 0.29) is 11.9 Å². The van der Waals surface area contributed by atoms with E-state index in [2.05, 4.69) is 17.6 Å². The summed E-state index contributed by atoms with van der Waals surface area (Å²) in [5.41, 5.74) is 0.662. The molecule has 5 nitrogen and oxygen atoms in total. The Morgan fingerprint density at radius 1 is 1.08 bits per heavy atom. The van der Waals surface area contributed by atoms with Crippen molar-refractivity contribution >= 4 is 17.7 Å². The van der Waals surface area contributed by atoms with Crippen molar-refractivity contribution in [1.29, 1.82) is 0 Å². The lowest BCUT2D eigenvalue weighted by Crippen LogP contribution is -2.41. The normalized spacial score (nSPS) is 21.0. The van der Waals surface area contributed by atoms with E-state index in [1.807, 2.05) is 20.8 Å². The highest BCUT2D eigenvalue weighted by molar-refractivity contribution is 5.95. The number of anilines is 1. The Hall–Kier alpha value is -2.04. The third kappa shape index (κ3) is 5.55. The lowest BCUT2D eigenvalue weighted by molar-refractivity contribution is 0.0635. The summed E-state index contributed by atoms with van der Waals surface area (Å²) in [6.45, 7) is 7.63. The van der Waals surface area contributed by atoms with Gasteiger partial charge < -0.3 is 10.1 Å². The van der Waals surface area contributed by atoms with Gasteiger partial charge in [-0.05, 0) is 63.8 Å². The molecule has 2 N–H and O–H groups in total. The number of rotatable bonds is 3. The average Bonchev–Trinajstić information content (AvgIpc) is 2.48. The summed E-state index contributed by atoms with van der Waals surface area (Å²) in [6.07, 6.45) is 4.14. The molecule has 5 heteroatoms. The van der Waals surface area contributed by atoms with Crippen LogP contribution in [0.4, 0.5) is 10.5 Å². The molecule has 0 unspecified atom stereocenters. The van der Waals surface area contributed by atoms with Gasteiger partial charge in [0.15, 0.2) is 0 Å². The minimum atomic E-state index is -0.541. The van der Waals surface area contributed by atoms with Gasteiger partial charge in [-0.1, -0.05) is 19.8 Å². The van der Waals surface area contributed by atoms with E-state index in [4.69, 9.17) is 4.74 Å². The minimum absolute atomic E-state index is 0.0578. The Balaban J connectivity index is 1.91. The molecule has 2 rings (SSSR count). The van der Waals surface area contributed by atoms with Crippen LogP contribution in [0.1, 0.15) is 63.7 Å². The zero-order valence-corrected chi connectivity index (χ0v) is 15.0. The number of hydrogen-bond acceptors (Lipinski definition) is 3. The van der Waals surface area contributed by atoms with Crippen LogP contribution in [0.3, 0.4) is 0 Å². The van der Waals surface area contributed by atoms with Crippen molar-refractivity contribution in [2.75, 3.05) is 5.32 Å². The van der Waals surface area contributed by atoms with E-state index < -0.39 is 11.7 Å². The first-order chi connectivity index (χ1) is 11.2. The lowest BCUT2D eigenvalue weighted by Gasteiger charge is -2.29. The van der Waals surface area contributed by atoms with Crippen molar-refractivity contribution in [1.82, 2.24) is 5.32 Å². The predicted octanol–water partition coefficient (Wildman–Crippen LogP) is 4.34. The molecule has 0 spiro atoms. The van der Waals surface area contributed by atoms with Gasteiger partial charge in [-0.15, -0.1) is 0 Å². The number of nitrogens with one attached hydrogen (secondary N) is 2. The summed E-state index contributed by atoms with van der Waals surface area (Å²) < 4.78 is 5.20. The number of ether oxygens (including phenoxy) is 1. The summed E-state index contributed by atoms with van der Waals surface area (Å²) in [4.78, 5) is 24.1. The van der Waals surface area contributed by atoms with Crippen molar-refractivity contribution in [2.24, 2.45) is 5.92 Å². The van der Waals surface area contributed by atoms with E-state index in [0.29, 0.717) is 17.2 Å². The van der Waals surface area contributed by atoms with Crippen LogP contribution in [0.25, 0.3) is 0 Å². The van der Waals surface area contributed by atoms with Gasteiger partial charge in [0.25, 0.3) is 5.91 Å². The monoisotopic (exact) mass is 332 g/mol. The Morgan fingerprint density at radius 2 is 1.71 bits per heavy atom. The topological polar surface area (TPSA) is 67.4 Å². The summed E-state index contributed by atoms with van der Waals surface area (Å²) in [7, 11) is 0. The van der Waals surface area contributed by atoms with Crippen LogP contribution in [-0.4, -0.2) is 23.6 Å². The SMILES string of the molecule is C[C@@H]1CCCC[C@H]1NC(=O)c1ccc(NC(=O)OC(C)(C)C)cc1. The van der Waals surface area contributed by atoms with Gasteiger partial charge in [-0.3, -0.25) is 10.1 Å². The fraction of sp³-hybridized carbons (Fsp3) is 0.579. The Labute approximate surface area is 144 Å². The first kappa shape index (κ1) is 18.3. The molecule has 1 aromatic rings. The minimum Gasteiger partial charge on any atom is -0.444 e. The number of carbonyl (C=O) groups excluding carboxylic acids is 2. The van der Waals surface area contributed by atoms with E-state index in [1.165, 1.54) is 19.3 Å². The first-order valence-electron chi connectivity index (χ1n) is 8.65. The highest BCUT2D eigenvalue weighted by Gasteiger charge is 2.23. The number of carbonyl (C=O) groups is 2. The molecule has 1 fully saturated rings. The number of amides is 2. The van der Waals surface area contributed by atoms with E-state index in [1.54, 1.807) is 24.3 Å². The van der Waals surface area contributed by atoms with Crippen molar-refractivity contribution in [2.45, 2.75) is 65.0 Å². The van der Waals surface area contributed by atoms with Crippen molar-refractivity contribution in [3.05, 3.63) is 29.8 Å². The zero-order chi connectivity index (χ0) is 17.7. The summed E-state index contributed by atoms with van der Waals surface area (Å²) >= 11 is 0. The molecule has 0 saturated heterocycles. The van der Waals surface area contributed by atoms with E-state index >= 15 is 0 Å². The summed E-state index contributed by atoms with van der Waals surface area (Å²) in [5.74, 6) is 0.466. The van der Waals surface area contributed by atoms with Crippen LogP contribution in [0, 0.1) is 5.92 Å².